The first-order chi connectivity index (χ1) is 5.33. The van der Waals surface area contributed by atoms with Gasteiger partial charge in [-0.15, -0.1) is 0 Å². The van der Waals surface area contributed by atoms with Crippen LogP contribution in [-0.2, 0) is 7.05 Å². The molecule has 0 aliphatic rings. The topological polar surface area (TPSA) is 55.9 Å². The van der Waals surface area contributed by atoms with Crippen molar-refractivity contribution >= 4 is 5.69 Å². The fourth-order valence-corrected chi connectivity index (χ4v) is 0.717. The molecule has 0 aliphatic heterocycles. The van der Waals surface area contributed by atoms with E-state index in [1.807, 2.05) is 19.4 Å². The van der Waals surface area contributed by atoms with Crippen molar-refractivity contribution in [2.45, 2.75) is 6.92 Å². The van der Waals surface area contributed by atoms with Crippen molar-refractivity contribution in [3.63, 3.8) is 0 Å². The second-order valence-electron chi connectivity index (χ2n) is 1.93. The number of aromatic nitrogens is 2. The SMILES string of the molecule is CCNc1cnn(C)c1.CN. The van der Waals surface area contributed by atoms with E-state index in [1.165, 1.54) is 7.05 Å². The Balaban J connectivity index is 0.000000461. The quantitative estimate of drug-likeness (QED) is 0.652. The first kappa shape index (κ1) is 9.97. The Morgan fingerprint density at radius 1 is 1.64 bits per heavy atom. The van der Waals surface area contributed by atoms with E-state index in [9.17, 15) is 0 Å². The summed E-state index contributed by atoms with van der Waals surface area (Å²) in [5, 5.41) is 7.13. The molecule has 0 bridgehead atoms. The van der Waals surface area contributed by atoms with E-state index >= 15 is 0 Å². The van der Waals surface area contributed by atoms with Gasteiger partial charge in [-0.25, -0.2) is 0 Å². The minimum absolute atomic E-state index is 0.950. The highest BCUT2D eigenvalue weighted by Crippen LogP contribution is 2.00. The standard InChI is InChI=1S/C6H11N3.CH5N/c1-3-7-6-4-8-9(2)5-6;1-2/h4-5,7H,3H2,1-2H3;2H2,1H3. The molecule has 1 aromatic rings. The van der Waals surface area contributed by atoms with Crippen molar-refractivity contribution in [1.82, 2.24) is 9.78 Å². The number of aryl methyl sites for hydroxylation is 1. The first-order valence-electron chi connectivity index (χ1n) is 3.63. The number of hydrogen-bond acceptors (Lipinski definition) is 3. The Kier molecular flexibility index (Phi) is 5.20. The molecule has 0 amide bonds. The number of hydrogen-bond donors (Lipinski definition) is 2. The van der Waals surface area contributed by atoms with Crippen molar-refractivity contribution in [3.8, 4) is 0 Å². The van der Waals surface area contributed by atoms with Crippen LogP contribution in [-0.4, -0.2) is 23.4 Å². The average Bonchev–Trinajstić information content (AvgIpc) is 2.41. The second-order valence-corrected chi connectivity index (χ2v) is 1.93. The van der Waals surface area contributed by atoms with Gasteiger partial charge in [-0.1, -0.05) is 0 Å². The summed E-state index contributed by atoms with van der Waals surface area (Å²) in [6, 6.07) is 0. The summed E-state index contributed by atoms with van der Waals surface area (Å²) in [5.41, 5.74) is 5.58. The van der Waals surface area contributed by atoms with Crippen LogP contribution >= 0.6 is 0 Å². The summed E-state index contributed by atoms with van der Waals surface area (Å²) in [5.74, 6) is 0. The molecule has 0 fully saturated rings. The second kappa shape index (κ2) is 5.73. The van der Waals surface area contributed by atoms with E-state index in [1.54, 1.807) is 4.68 Å². The molecule has 0 radical (unpaired) electrons. The molecule has 0 aromatic carbocycles. The fraction of sp³-hybridized carbons (Fsp3) is 0.571. The van der Waals surface area contributed by atoms with Gasteiger partial charge < -0.3 is 11.1 Å². The van der Waals surface area contributed by atoms with E-state index in [0.29, 0.717) is 0 Å². The molecule has 4 heteroatoms. The van der Waals surface area contributed by atoms with Gasteiger partial charge in [-0.2, -0.15) is 5.10 Å². The highest BCUT2D eigenvalue weighted by molar-refractivity contribution is 5.37. The third kappa shape index (κ3) is 3.62. The lowest BCUT2D eigenvalue weighted by molar-refractivity contribution is 0.768. The average molecular weight is 156 g/mol. The Labute approximate surface area is 67.4 Å². The summed E-state index contributed by atoms with van der Waals surface area (Å²) in [7, 11) is 3.40. The van der Waals surface area contributed by atoms with E-state index in [2.05, 4.69) is 23.1 Å². The lowest BCUT2D eigenvalue weighted by Crippen LogP contribution is -1.93. The molecule has 0 saturated carbocycles. The zero-order valence-corrected chi connectivity index (χ0v) is 7.33. The van der Waals surface area contributed by atoms with Crippen LogP contribution in [0.25, 0.3) is 0 Å². The van der Waals surface area contributed by atoms with Gasteiger partial charge in [-0.3, -0.25) is 4.68 Å². The van der Waals surface area contributed by atoms with Gasteiger partial charge in [0.15, 0.2) is 0 Å². The Hall–Kier alpha value is -1.03. The van der Waals surface area contributed by atoms with Crippen molar-refractivity contribution in [1.29, 1.82) is 0 Å². The number of nitrogens with one attached hydrogen (secondary N) is 1. The number of nitrogens with zero attached hydrogens (tertiary/aromatic N) is 2. The molecule has 3 N–H and O–H groups in total. The fourth-order valence-electron chi connectivity index (χ4n) is 0.717. The van der Waals surface area contributed by atoms with Crippen LogP contribution in [0.4, 0.5) is 5.69 Å². The molecular formula is C7H16N4. The lowest BCUT2D eigenvalue weighted by atomic mass is 10.5. The van der Waals surface area contributed by atoms with E-state index in [0.717, 1.165) is 12.2 Å². The monoisotopic (exact) mass is 156 g/mol. The smallest absolute Gasteiger partial charge is 0.0726 e. The Morgan fingerprint density at radius 3 is 2.64 bits per heavy atom. The van der Waals surface area contributed by atoms with Crippen LogP contribution in [0.5, 0.6) is 0 Å². The molecule has 64 valence electrons. The van der Waals surface area contributed by atoms with Crippen molar-refractivity contribution in [2.24, 2.45) is 12.8 Å². The van der Waals surface area contributed by atoms with E-state index < -0.39 is 0 Å². The number of nitrogens with two attached hydrogens (primary N) is 1. The molecule has 1 aromatic heterocycles. The van der Waals surface area contributed by atoms with Crippen molar-refractivity contribution in [2.75, 3.05) is 18.9 Å². The van der Waals surface area contributed by atoms with Crippen LogP contribution < -0.4 is 11.1 Å². The van der Waals surface area contributed by atoms with Crippen molar-refractivity contribution in [3.05, 3.63) is 12.4 Å². The van der Waals surface area contributed by atoms with Crippen LogP contribution in [0, 0.1) is 0 Å². The maximum Gasteiger partial charge on any atom is 0.0726 e. The molecule has 4 nitrogen and oxygen atoms in total. The van der Waals surface area contributed by atoms with Gasteiger partial charge >= 0.3 is 0 Å². The molecule has 0 spiro atoms. The molecule has 0 saturated heterocycles. The van der Waals surface area contributed by atoms with E-state index in [4.69, 9.17) is 0 Å². The van der Waals surface area contributed by atoms with Crippen LogP contribution in [0.3, 0.4) is 0 Å². The van der Waals surface area contributed by atoms with Crippen LogP contribution in [0.2, 0.25) is 0 Å². The molecule has 0 atom stereocenters. The van der Waals surface area contributed by atoms with Gasteiger partial charge in [0.2, 0.25) is 0 Å². The predicted molar refractivity (Wildman–Crippen MR) is 47.5 cm³/mol. The summed E-state index contributed by atoms with van der Waals surface area (Å²) < 4.78 is 1.78. The first-order valence-corrected chi connectivity index (χ1v) is 3.63. The van der Waals surface area contributed by atoms with Crippen molar-refractivity contribution < 1.29 is 0 Å². The van der Waals surface area contributed by atoms with Gasteiger partial charge in [0.05, 0.1) is 11.9 Å². The van der Waals surface area contributed by atoms with E-state index in [-0.39, 0.29) is 0 Å². The summed E-state index contributed by atoms with van der Waals surface area (Å²) >= 11 is 0. The largest absolute Gasteiger partial charge is 0.383 e. The third-order valence-electron chi connectivity index (χ3n) is 1.09. The molecular weight excluding hydrogens is 140 g/mol. The normalized spacial score (nSPS) is 8.36. The van der Waals surface area contributed by atoms with Gasteiger partial charge in [0.25, 0.3) is 0 Å². The highest BCUT2D eigenvalue weighted by Gasteiger charge is 1.89. The van der Waals surface area contributed by atoms with Gasteiger partial charge in [0.1, 0.15) is 0 Å². The highest BCUT2D eigenvalue weighted by atomic mass is 15.3. The molecule has 0 aliphatic carbocycles. The zero-order chi connectivity index (χ0) is 8.69. The number of anilines is 1. The van der Waals surface area contributed by atoms with Gasteiger partial charge in [-0.05, 0) is 14.0 Å². The Morgan fingerprint density at radius 2 is 2.27 bits per heavy atom. The lowest BCUT2D eigenvalue weighted by Gasteiger charge is -1.93. The van der Waals surface area contributed by atoms with Crippen LogP contribution in [0.15, 0.2) is 12.4 Å². The molecule has 1 rings (SSSR count). The maximum absolute atomic E-state index is 4.50. The predicted octanol–water partition coefficient (Wildman–Crippen LogP) is 0.427. The third-order valence-corrected chi connectivity index (χ3v) is 1.09. The molecule has 11 heavy (non-hydrogen) atoms. The molecule has 1 heterocycles. The zero-order valence-electron chi connectivity index (χ0n) is 7.33. The minimum Gasteiger partial charge on any atom is -0.383 e. The van der Waals surface area contributed by atoms with Gasteiger partial charge in [0, 0.05) is 19.8 Å². The summed E-state index contributed by atoms with van der Waals surface area (Å²) in [4.78, 5) is 0. The maximum atomic E-state index is 4.50. The molecule has 0 unspecified atom stereocenters. The minimum atomic E-state index is 0.950. The summed E-state index contributed by atoms with van der Waals surface area (Å²) in [6.07, 6.45) is 3.76. The Bertz CT molecular complexity index is 182. The van der Waals surface area contributed by atoms with Crippen LogP contribution in [0.1, 0.15) is 6.92 Å². The number of rotatable bonds is 2. The summed E-state index contributed by atoms with van der Waals surface area (Å²) in [6.45, 7) is 3.01.